The topological polar surface area (TPSA) is 146 Å². The van der Waals surface area contributed by atoms with Crippen molar-refractivity contribution in [3.05, 3.63) is 92.0 Å². The second kappa shape index (κ2) is 8.63. The minimum Gasteiger partial charge on any atom is -0.278 e. The Kier molecular flexibility index (Phi) is 5.55. The zero-order valence-electron chi connectivity index (χ0n) is 19.8. The summed E-state index contributed by atoms with van der Waals surface area (Å²) in [5, 5.41) is 23.4. The molecule has 0 N–H and O–H groups in total. The summed E-state index contributed by atoms with van der Waals surface area (Å²) in [5.74, 6) is -1.82. The van der Waals surface area contributed by atoms with Crippen LogP contribution in [0.1, 0.15) is 45.8 Å². The Morgan fingerprint density at radius 2 is 1.27 bits per heavy atom. The van der Waals surface area contributed by atoms with Crippen LogP contribution in [-0.2, 0) is 0 Å². The van der Waals surface area contributed by atoms with Crippen molar-refractivity contribution in [3.8, 4) is 0 Å². The second-order valence-corrected chi connectivity index (χ2v) is 9.26. The molecular formula is C26H20N4O7. The van der Waals surface area contributed by atoms with Crippen LogP contribution in [-0.4, -0.2) is 43.1 Å². The van der Waals surface area contributed by atoms with E-state index in [0.29, 0.717) is 0 Å². The maximum atomic E-state index is 14.2. The zero-order valence-corrected chi connectivity index (χ0v) is 19.8. The molecule has 4 aromatic rings. The van der Waals surface area contributed by atoms with E-state index in [9.17, 15) is 34.6 Å². The molecule has 0 saturated carbocycles. The number of nitrogens with zero attached hydrogens (tertiary/aromatic N) is 4. The highest BCUT2D eigenvalue weighted by molar-refractivity contribution is 6.24. The molecule has 2 heterocycles. The third-order valence-electron chi connectivity index (χ3n) is 6.49. The number of aromatic nitrogens is 1. The third kappa shape index (κ3) is 3.71. The minimum atomic E-state index is -1.17. The first kappa shape index (κ1) is 23.8. The van der Waals surface area contributed by atoms with E-state index in [1.54, 1.807) is 12.1 Å². The van der Waals surface area contributed by atoms with Crippen molar-refractivity contribution in [2.24, 2.45) is 5.92 Å². The molecule has 3 aromatic carbocycles. The molecule has 0 spiro atoms. The molecule has 37 heavy (non-hydrogen) atoms. The molecule has 1 aliphatic rings. The quantitative estimate of drug-likeness (QED) is 0.206. The number of nitro groups is 2. The molecular weight excluding hydrogens is 480 g/mol. The van der Waals surface area contributed by atoms with Gasteiger partial charge in [-0.1, -0.05) is 26.0 Å². The summed E-state index contributed by atoms with van der Waals surface area (Å²) in [6.45, 7) is 3.72. The first-order valence-corrected chi connectivity index (χ1v) is 11.5. The van der Waals surface area contributed by atoms with Crippen molar-refractivity contribution in [2.45, 2.75) is 26.3 Å². The highest BCUT2D eigenvalue weighted by Gasteiger charge is 2.43. The monoisotopic (exact) mass is 500 g/mol. The predicted molar refractivity (Wildman–Crippen MR) is 134 cm³/mol. The molecule has 0 radical (unpaired) electrons. The molecule has 1 aromatic heterocycles. The van der Waals surface area contributed by atoms with Gasteiger partial charge in [0.05, 0.1) is 32.0 Å². The Labute approximate surface area is 209 Å². The molecule has 1 aliphatic heterocycles. The number of non-ortho nitro benzene ring substituents is 2. The molecule has 0 aliphatic carbocycles. The van der Waals surface area contributed by atoms with Gasteiger partial charge in [0.15, 0.2) is 0 Å². The summed E-state index contributed by atoms with van der Waals surface area (Å²) in [7, 11) is 0. The Morgan fingerprint density at radius 3 is 1.68 bits per heavy atom. The van der Waals surface area contributed by atoms with Gasteiger partial charge in [-0.3, -0.25) is 44.1 Å². The number of imide groups is 1. The summed E-state index contributed by atoms with van der Waals surface area (Å²) in [6, 6.07) is 12.9. The molecule has 11 nitrogen and oxygen atoms in total. The van der Waals surface area contributed by atoms with E-state index in [2.05, 4.69) is 0 Å². The van der Waals surface area contributed by atoms with Crippen LogP contribution < -0.4 is 0 Å². The highest BCUT2D eigenvalue weighted by Crippen LogP contribution is 2.36. The SMILES string of the molecule is CC(C)C[C@@H](C(=O)n1c2ccc([N+](=O)[O-])cc2c2cc([N+](=O)[O-])ccc21)N1C(=O)c2ccccc2C1=O. The number of carbonyl (C=O) groups excluding carboxylic acids is 3. The van der Waals surface area contributed by atoms with Crippen LogP contribution in [0.15, 0.2) is 60.7 Å². The summed E-state index contributed by atoms with van der Waals surface area (Å²) in [4.78, 5) is 63.3. The fourth-order valence-corrected chi connectivity index (χ4v) is 4.87. The van der Waals surface area contributed by atoms with Crippen molar-refractivity contribution in [3.63, 3.8) is 0 Å². The fourth-order valence-electron chi connectivity index (χ4n) is 4.87. The molecule has 1 atom stereocenters. The van der Waals surface area contributed by atoms with Gasteiger partial charge in [-0.15, -0.1) is 0 Å². The minimum absolute atomic E-state index is 0.0754. The number of fused-ring (bicyclic) bond motifs is 4. The van der Waals surface area contributed by atoms with E-state index in [4.69, 9.17) is 0 Å². The lowest BCUT2D eigenvalue weighted by atomic mass is 10.0. The number of hydrogen-bond donors (Lipinski definition) is 0. The molecule has 2 amide bonds. The molecule has 186 valence electrons. The Balaban J connectivity index is 1.73. The van der Waals surface area contributed by atoms with E-state index in [-0.39, 0.29) is 56.6 Å². The summed E-state index contributed by atoms with van der Waals surface area (Å²) >= 11 is 0. The molecule has 0 saturated heterocycles. The lowest BCUT2D eigenvalue weighted by molar-refractivity contribution is -0.385. The van der Waals surface area contributed by atoms with Gasteiger partial charge in [-0.05, 0) is 36.6 Å². The Morgan fingerprint density at radius 1 is 0.811 bits per heavy atom. The first-order valence-electron chi connectivity index (χ1n) is 11.5. The second-order valence-electron chi connectivity index (χ2n) is 9.26. The van der Waals surface area contributed by atoms with E-state index < -0.39 is 33.6 Å². The highest BCUT2D eigenvalue weighted by atomic mass is 16.6. The number of carbonyl (C=O) groups is 3. The van der Waals surface area contributed by atoms with Crippen LogP contribution in [0.25, 0.3) is 21.8 Å². The van der Waals surface area contributed by atoms with Crippen molar-refractivity contribution in [1.29, 1.82) is 0 Å². The van der Waals surface area contributed by atoms with Crippen LogP contribution in [0.3, 0.4) is 0 Å². The zero-order chi connectivity index (χ0) is 26.6. The first-order chi connectivity index (χ1) is 17.6. The smallest absolute Gasteiger partial charge is 0.270 e. The lowest BCUT2D eigenvalue weighted by Crippen LogP contribution is -2.47. The van der Waals surface area contributed by atoms with E-state index in [0.717, 1.165) is 4.90 Å². The van der Waals surface area contributed by atoms with Crippen LogP contribution in [0.2, 0.25) is 0 Å². The van der Waals surface area contributed by atoms with Gasteiger partial charge in [0.1, 0.15) is 6.04 Å². The van der Waals surface area contributed by atoms with Crippen LogP contribution in [0.5, 0.6) is 0 Å². The third-order valence-corrected chi connectivity index (χ3v) is 6.49. The summed E-state index contributed by atoms with van der Waals surface area (Å²) in [5.41, 5.74) is 0.479. The van der Waals surface area contributed by atoms with Gasteiger partial charge in [0, 0.05) is 35.0 Å². The number of amides is 2. The average molecular weight is 500 g/mol. The number of nitro benzene ring substituents is 2. The van der Waals surface area contributed by atoms with Crippen molar-refractivity contribution in [2.75, 3.05) is 0 Å². The molecule has 5 rings (SSSR count). The Hall–Kier alpha value is -4.93. The molecule has 0 fully saturated rings. The lowest BCUT2D eigenvalue weighted by Gasteiger charge is -2.27. The maximum absolute atomic E-state index is 14.2. The largest absolute Gasteiger partial charge is 0.278 e. The normalized spacial score (nSPS) is 14.0. The summed E-state index contributed by atoms with van der Waals surface area (Å²) < 4.78 is 1.29. The van der Waals surface area contributed by atoms with Crippen LogP contribution in [0.4, 0.5) is 11.4 Å². The summed E-state index contributed by atoms with van der Waals surface area (Å²) in [6.07, 6.45) is 0.172. The van der Waals surface area contributed by atoms with Gasteiger partial charge in [-0.25, -0.2) is 0 Å². The number of hydrogen-bond acceptors (Lipinski definition) is 7. The van der Waals surface area contributed by atoms with Gasteiger partial charge < -0.3 is 0 Å². The average Bonchev–Trinajstić information content (AvgIpc) is 3.32. The number of rotatable bonds is 6. The maximum Gasteiger partial charge on any atom is 0.270 e. The number of benzene rings is 3. The van der Waals surface area contributed by atoms with Crippen LogP contribution >= 0.6 is 0 Å². The van der Waals surface area contributed by atoms with E-state index >= 15 is 0 Å². The molecule has 0 bridgehead atoms. The molecule has 0 unspecified atom stereocenters. The van der Waals surface area contributed by atoms with Crippen molar-refractivity contribution < 1.29 is 24.2 Å². The van der Waals surface area contributed by atoms with Gasteiger partial charge in [0.25, 0.3) is 29.1 Å². The van der Waals surface area contributed by atoms with Gasteiger partial charge >= 0.3 is 0 Å². The Bertz CT molecular complexity index is 1560. The molecule has 11 heteroatoms. The van der Waals surface area contributed by atoms with Gasteiger partial charge in [-0.2, -0.15) is 0 Å². The van der Waals surface area contributed by atoms with E-state index in [1.165, 1.54) is 53.1 Å². The van der Waals surface area contributed by atoms with Crippen molar-refractivity contribution >= 4 is 50.9 Å². The fraction of sp³-hybridized carbons (Fsp3) is 0.192. The predicted octanol–water partition coefficient (Wildman–Crippen LogP) is 4.96. The standard InChI is InChI=1S/C26H20N4O7/c1-14(2)11-23(28-24(31)17-5-3-4-6-18(17)25(28)32)26(33)27-21-9-7-15(29(34)35)12-19(21)20-13-16(30(36)37)8-10-22(20)27/h3-10,12-14,23H,11H2,1-2H3/t23-/m0/s1. The van der Waals surface area contributed by atoms with Gasteiger partial charge in [0.2, 0.25) is 0 Å². The van der Waals surface area contributed by atoms with Crippen LogP contribution in [0, 0.1) is 26.1 Å². The van der Waals surface area contributed by atoms with Crippen molar-refractivity contribution in [1.82, 2.24) is 9.47 Å². The van der Waals surface area contributed by atoms with E-state index in [1.807, 2.05) is 13.8 Å².